The Morgan fingerprint density at radius 1 is 1.11 bits per heavy atom. The van der Waals surface area contributed by atoms with Crippen molar-refractivity contribution in [3.63, 3.8) is 0 Å². The fraction of sp³-hybridized carbons (Fsp3) is 0.478. The van der Waals surface area contributed by atoms with Gasteiger partial charge in [-0.3, -0.25) is 0 Å². The Morgan fingerprint density at radius 2 is 1.82 bits per heavy atom. The standard InChI is InChI=1S/C23H29BF2N2/c1-23(27,10-2-3-11-24)18-13-20(14-18)28-15-16-4-9-21(22(26)12-16)17-5-7-19(25)8-6-17/h4-9,12,18,20,28H,2-3,10-11,13-15,27H2,1H3. The van der Waals surface area contributed by atoms with E-state index < -0.39 is 0 Å². The molecule has 0 amide bonds. The Labute approximate surface area is 168 Å². The van der Waals surface area contributed by atoms with Crippen LogP contribution in [0.25, 0.3) is 11.1 Å². The van der Waals surface area contributed by atoms with E-state index in [4.69, 9.17) is 13.6 Å². The lowest BCUT2D eigenvalue weighted by atomic mass is 9.67. The van der Waals surface area contributed by atoms with Gasteiger partial charge in [-0.15, -0.1) is 0 Å². The molecule has 28 heavy (non-hydrogen) atoms. The molecule has 1 aliphatic carbocycles. The van der Waals surface area contributed by atoms with Crippen molar-refractivity contribution >= 4 is 7.85 Å². The van der Waals surface area contributed by atoms with Crippen molar-refractivity contribution in [3.05, 3.63) is 59.7 Å². The van der Waals surface area contributed by atoms with Gasteiger partial charge >= 0.3 is 0 Å². The van der Waals surface area contributed by atoms with Crippen LogP contribution < -0.4 is 11.1 Å². The van der Waals surface area contributed by atoms with E-state index in [-0.39, 0.29) is 17.2 Å². The molecule has 1 atom stereocenters. The van der Waals surface area contributed by atoms with Gasteiger partial charge in [0.25, 0.3) is 0 Å². The lowest BCUT2D eigenvalue weighted by Gasteiger charge is -2.46. The van der Waals surface area contributed by atoms with Crippen molar-refractivity contribution in [3.8, 4) is 11.1 Å². The SMILES string of the molecule is [B]CCCCC(C)(N)C1CC(NCc2ccc(-c3ccc(F)cc3)c(F)c2)C1. The average molecular weight is 382 g/mol. The molecule has 0 aliphatic heterocycles. The normalized spacial score (nSPS) is 21.1. The van der Waals surface area contributed by atoms with E-state index in [0.29, 0.717) is 29.6 Å². The maximum absolute atomic E-state index is 14.5. The van der Waals surface area contributed by atoms with Crippen LogP contribution >= 0.6 is 0 Å². The lowest BCUT2D eigenvalue weighted by Crippen LogP contribution is -2.54. The number of hydrogen-bond acceptors (Lipinski definition) is 2. The van der Waals surface area contributed by atoms with E-state index in [0.717, 1.165) is 44.0 Å². The predicted molar refractivity (Wildman–Crippen MR) is 112 cm³/mol. The highest BCUT2D eigenvalue weighted by molar-refractivity contribution is 6.08. The van der Waals surface area contributed by atoms with E-state index in [1.165, 1.54) is 12.1 Å². The Bertz CT molecular complexity index is 771. The first-order valence-electron chi connectivity index (χ1n) is 10.2. The summed E-state index contributed by atoms with van der Waals surface area (Å²) in [5, 5.41) is 3.51. The summed E-state index contributed by atoms with van der Waals surface area (Å²) < 4.78 is 27.5. The fourth-order valence-corrected chi connectivity index (χ4v) is 3.97. The van der Waals surface area contributed by atoms with Gasteiger partial charge in [0, 0.05) is 23.7 Å². The number of unbranched alkanes of at least 4 members (excludes halogenated alkanes) is 1. The Balaban J connectivity index is 1.48. The quantitative estimate of drug-likeness (QED) is 0.475. The van der Waals surface area contributed by atoms with Crippen molar-refractivity contribution in [1.82, 2.24) is 5.32 Å². The van der Waals surface area contributed by atoms with Gasteiger partial charge in [-0.05, 0) is 61.4 Å². The number of halogens is 2. The molecular weight excluding hydrogens is 353 g/mol. The summed E-state index contributed by atoms with van der Waals surface area (Å²) in [6, 6.07) is 11.6. The van der Waals surface area contributed by atoms with Crippen molar-refractivity contribution in [2.75, 3.05) is 0 Å². The second-order valence-corrected chi connectivity index (χ2v) is 8.32. The van der Waals surface area contributed by atoms with Crippen molar-refractivity contribution in [2.24, 2.45) is 11.7 Å². The van der Waals surface area contributed by atoms with Crippen LogP contribution in [0.3, 0.4) is 0 Å². The summed E-state index contributed by atoms with van der Waals surface area (Å²) in [5.74, 6) is -0.0797. The van der Waals surface area contributed by atoms with Gasteiger partial charge in [0.2, 0.25) is 0 Å². The third kappa shape index (κ3) is 5.21. The molecule has 148 valence electrons. The molecule has 3 N–H and O–H groups in total. The molecule has 0 spiro atoms. The van der Waals surface area contributed by atoms with Gasteiger partial charge in [-0.25, -0.2) is 8.78 Å². The highest BCUT2D eigenvalue weighted by Crippen LogP contribution is 2.38. The number of rotatable bonds is 9. The molecule has 2 aromatic rings. The van der Waals surface area contributed by atoms with Gasteiger partial charge in [0.1, 0.15) is 11.6 Å². The zero-order valence-electron chi connectivity index (χ0n) is 16.6. The monoisotopic (exact) mass is 382 g/mol. The summed E-state index contributed by atoms with van der Waals surface area (Å²) >= 11 is 0. The maximum atomic E-state index is 14.5. The molecule has 2 aromatic carbocycles. The Kier molecular flexibility index (Phi) is 6.89. The van der Waals surface area contributed by atoms with E-state index in [9.17, 15) is 8.78 Å². The van der Waals surface area contributed by atoms with Gasteiger partial charge in [-0.1, -0.05) is 43.4 Å². The van der Waals surface area contributed by atoms with Crippen LogP contribution in [0.2, 0.25) is 6.32 Å². The first kappa shape index (κ1) is 21.0. The molecule has 0 aromatic heterocycles. The van der Waals surface area contributed by atoms with Crippen LogP contribution in [0.4, 0.5) is 8.78 Å². The van der Waals surface area contributed by atoms with Crippen LogP contribution in [0, 0.1) is 17.6 Å². The summed E-state index contributed by atoms with van der Waals surface area (Å²) in [6.45, 7) is 2.78. The largest absolute Gasteiger partial charge is 0.325 e. The zero-order chi connectivity index (χ0) is 20.1. The minimum absolute atomic E-state index is 0.129. The molecule has 3 rings (SSSR count). The zero-order valence-corrected chi connectivity index (χ0v) is 16.6. The number of benzene rings is 2. The van der Waals surface area contributed by atoms with E-state index in [1.807, 2.05) is 6.07 Å². The molecule has 0 bridgehead atoms. The second-order valence-electron chi connectivity index (χ2n) is 8.32. The number of nitrogens with one attached hydrogen (secondary N) is 1. The second kappa shape index (κ2) is 9.19. The molecular formula is C23H29BF2N2. The smallest absolute Gasteiger partial charge is 0.131 e. The molecule has 5 heteroatoms. The average Bonchev–Trinajstić information content (AvgIpc) is 2.61. The molecule has 2 radical (unpaired) electrons. The van der Waals surface area contributed by atoms with Crippen LogP contribution in [0.15, 0.2) is 42.5 Å². The van der Waals surface area contributed by atoms with Gasteiger partial charge in [0.15, 0.2) is 0 Å². The Hall–Kier alpha value is -1.72. The maximum Gasteiger partial charge on any atom is 0.131 e. The van der Waals surface area contributed by atoms with E-state index in [2.05, 4.69) is 12.2 Å². The molecule has 1 fully saturated rings. The summed E-state index contributed by atoms with van der Waals surface area (Å²) in [4.78, 5) is 0. The van der Waals surface area contributed by atoms with Crippen molar-refractivity contribution < 1.29 is 8.78 Å². The molecule has 1 saturated carbocycles. The predicted octanol–water partition coefficient (Wildman–Crippen LogP) is 4.97. The van der Waals surface area contributed by atoms with Crippen LogP contribution in [-0.4, -0.2) is 19.4 Å². The number of nitrogens with two attached hydrogens (primary N) is 1. The first-order chi connectivity index (χ1) is 13.4. The molecule has 0 saturated heterocycles. The van der Waals surface area contributed by atoms with Crippen LogP contribution in [0.1, 0.15) is 44.6 Å². The fourth-order valence-electron chi connectivity index (χ4n) is 3.97. The highest BCUT2D eigenvalue weighted by Gasteiger charge is 2.39. The summed E-state index contributed by atoms with van der Waals surface area (Å²) in [7, 11) is 5.56. The van der Waals surface area contributed by atoms with Gasteiger partial charge < -0.3 is 11.1 Å². The molecule has 2 nitrogen and oxygen atoms in total. The van der Waals surface area contributed by atoms with E-state index in [1.54, 1.807) is 24.3 Å². The summed E-state index contributed by atoms with van der Waals surface area (Å²) in [6.07, 6.45) is 5.97. The van der Waals surface area contributed by atoms with Crippen LogP contribution in [-0.2, 0) is 6.54 Å². The molecule has 1 aliphatic rings. The summed E-state index contributed by atoms with van der Waals surface area (Å²) in [5.41, 5.74) is 8.44. The van der Waals surface area contributed by atoms with Crippen molar-refractivity contribution in [2.45, 2.75) is 63.5 Å². The lowest BCUT2D eigenvalue weighted by molar-refractivity contribution is 0.123. The molecule has 1 unspecified atom stereocenters. The minimum Gasteiger partial charge on any atom is -0.325 e. The topological polar surface area (TPSA) is 38.0 Å². The van der Waals surface area contributed by atoms with E-state index >= 15 is 0 Å². The minimum atomic E-state index is -0.322. The van der Waals surface area contributed by atoms with Gasteiger partial charge in [-0.2, -0.15) is 0 Å². The van der Waals surface area contributed by atoms with Gasteiger partial charge in [0.05, 0.1) is 7.85 Å². The third-order valence-corrected chi connectivity index (χ3v) is 6.02. The molecule has 0 heterocycles. The van der Waals surface area contributed by atoms with Crippen LogP contribution in [0.5, 0.6) is 0 Å². The first-order valence-corrected chi connectivity index (χ1v) is 10.2. The third-order valence-electron chi connectivity index (χ3n) is 6.02. The number of hydrogen-bond donors (Lipinski definition) is 2. The highest BCUT2D eigenvalue weighted by atomic mass is 19.1. The van der Waals surface area contributed by atoms with Crippen molar-refractivity contribution in [1.29, 1.82) is 0 Å². The Morgan fingerprint density at radius 3 is 2.46 bits per heavy atom.